The van der Waals surface area contributed by atoms with Crippen LogP contribution in [-0.4, -0.2) is 46.4 Å². The molecule has 152 valence electrons. The van der Waals surface area contributed by atoms with Crippen LogP contribution in [0.15, 0.2) is 36.5 Å². The van der Waals surface area contributed by atoms with Gasteiger partial charge in [-0.1, -0.05) is 30.3 Å². The average molecular weight is 398 g/mol. The molecule has 1 aromatic carbocycles. The lowest BCUT2D eigenvalue weighted by atomic mass is 10.0. The normalized spacial score (nSPS) is 16.2. The van der Waals surface area contributed by atoms with Crippen LogP contribution in [0.4, 0.5) is 18.9 Å². The van der Waals surface area contributed by atoms with Gasteiger partial charge >= 0.3 is 12.1 Å². The second-order valence-electron chi connectivity index (χ2n) is 6.22. The molecule has 3 rings (SSSR count). The number of carbonyl (C=O) groups excluding carboxylic acids is 1. The number of hydrogen-bond acceptors (Lipinski definition) is 4. The summed E-state index contributed by atoms with van der Waals surface area (Å²) in [5, 5.41) is 20.5. The summed E-state index contributed by atoms with van der Waals surface area (Å²) in [6.07, 6.45) is -1.06. The Labute approximate surface area is 159 Å². The number of aryl methyl sites for hydroxylation is 1. The van der Waals surface area contributed by atoms with Gasteiger partial charge in [-0.3, -0.25) is 9.89 Å². The number of hydrogen-bond donors (Lipinski definition) is 4. The molecule has 10 heteroatoms. The highest BCUT2D eigenvalue weighted by Crippen LogP contribution is 2.26. The predicted molar refractivity (Wildman–Crippen MR) is 95.9 cm³/mol. The molecule has 2 aromatic rings. The minimum Gasteiger partial charge on any atom is -0.475 e. The van der Waals surface area contributed by atoms with Crippen molar-refractivity contribution >= 4 is 17.6 Å². The number of alkyl halides is 3. The number of aliphatic carboxylic acids is 1. The van der Waals surface area contributed by atoms with E-state index in [1.165, 1.54) is 5.56 Å². The number of amides is 1. The maximum absolute atomic E-state index is 12.1. The van der Waals surface area contributed by atoms with Crippen molar-refractivity contribution in [2.24, 2.45) is 0 Å². The van der Waals surface area contributed by atoms with E-state index in [0.29, 0.717) is 12.3 Å². The van der Waals surface area contributed by atoms with Crippen LogP contribution in [0.2, 0.25) is 0 Å². The lowest BCUT2D eigenvalue weighted by Gasteiger charge is -2.10. The molecule has 1 aromatic heterocycles. The smallest absolute Gasteiger partial charge is 0.475 e. The van der Waals surface area contributed by atoms with E-state index >= 15 is 0 Å². The van der Waals surface area contributed by atoms with Gasteiger partial charge in [0.25, 0.3) is 0 Å². The zero-order valence-electron chi connectivity index (χ0n) is 14.9. The fraction of sp³-hybridized carbons (Fsp3) is 0.389. The molecule has 0 aliphatic carbocycles. The lowest BCUT2D eigenvalue weighted by Crippen LogP contribution is -2.21. The van der Waals surface area contributed by atoms with Gasteiger partial charge in [-0.2, -0.15) is 18.3 Å². The Balaban J connectivity index is 0.000000345. The molecular weight excluding hydrogens is 377 g/mol. The summed E-state index contributed by atoms with van der Waals surface area (Å²) in [4.78, 5) is 21.0. The molecule has 1 fully saturated rings. The van der Waals surface area contributed by atoms with E-state index in [-0.39, 0.29) is 5.91 Å². The molecule has 7 nitrogen and oxygen atoms in total. The molecule has 4 N–H and O–H groups in total. The molecular formula is C18H21F3N4O3. The Kier molecular flexibility index (Phi) is 7.56. The second kappa shape index (κ2) is 9.88. The lowest BCUT2D eigenvalue weighted by molar-refractivity contribution is -0.192. The van der Waals surface area contributed by atoms with Crippen LogP contribution in [0.1, 0.15) is 30.0 Å². The maximum atomic E-state index is 12.1. The fourth-order valence-electron chi connectivity index (χ4n) is 2.72. The number of carboxylic acid groups (broad SMARTS) is 1. The Morgan fingerprint density at radius 3 is 2.50 bits per heavy atom. The molecule has 0 bridgehead atoms. The molecule has 0 radical (unpaired) electrons. The Morgan fingerprint density at radius 2 is 1.93 bits per heavy atom. The minimum atomic E-state index is -5.08. The van der Waals surface area contributed by atoms with Crippen molar-refractivity contribution in [1.82, 2.24) is 15.5 Å². The van der Waals surface area contributed by atoms with Crippen LogP contribution in [0.25, 0.3) is 0 Å². The molecule has 1 unspecified atom stereocenters. The summed E-state index contributed by atoms with van der Waals surface area (Å²) < 4.78 is 31.7. The Morgan fingerprint density at radius 1 is 1.25 bits per heavy atom. The van der Waals surface area contributed by atoms with E-state index in [0.717, 1.165) is 37.3 Å². The second-order valence-corrected chi connectivity index (χ2v) is 6.22. The number of carboxylic acids is 1. The van der Waals surface area contributed by atoms with Crippen molar-refractivity contribution in [2.75, 3.05) is 18.4 Å². The van der Waals surface area contributed by atoms with Gasteiger partial charge in [0.1, 0.15) is 0 Å². The summed E-state index contributed by atoms with van der Waals surface area (Å²) in [6.45, 7) is 1.96. The molecule has 28 heavy (non-hydrogen) atoms. The average Bonchev–Trinajstić information content (AvgIpc) is 3.32. The van der Waals surface area contributed by atoms with Gasteiger partial charge in [0.15, 0.2) is 0 Å². The molecule has 1 aliphatic rings. The number of carbonyl (C=O) groups is 2. The number of H-pyrrole nitrogens is 1. The molecule has 1 aliphatic heterocycles. The standard InChI is InChI=1S/C16H20N4O.C2HF3O2/c21-15(7-6-12-4-2-1-3-5-12)19-14-11-18-20-16(14)13-8-9-17-10-13;3-2(4,5)1(6)7/h1-5,11,13,17H,6-10H2,(H,18,20)(H,19,21);(H,6,7). The third-order valence-electron chi connectivity index (χ3n) is 4.14. The van der Waals surface area contributed by atoms with Crippen molar-refractivity contribution in [1.29, 1.82) is 0 Å². The van der Waals surface area contributed by atoms with Gasteiger partial charge < -0.3 is 15.7 Å². The number of aromatic nitrogens is 2. The zero-order valence-corrected chi connectivity index (χ0v) is 14.9. The summed E-state index contributed by atoms with van der Waals surface area (Å²) in [7, 11) is 0. The van der Waals surface area contributed by atoms with Crippen LogP contribution in [-0.2, 0) is 16.0 Å². The maximum Gasteiger partial charge on any atom is 0.490 e. The first-order valence-electron chi connectivity index (χ1n) is 8.65. The molecule has 0 spiro atoms. The van der Waals surface area contributed by atoms with Gasteiger partial charge in [0.05, 0.1) is 17.6 Å². The highest BCUT2D eigenvalue weighted by atomic mass is 19.4. The summed E-state index contributed by atoms with van der Waals surface area (Å²) in [5.74, 6) is -2.31. The van der Waals surface area contributed by atoms with Crippen molar-refractivity contribution in [3.05, 3.63) is 47.8 Å². The molecule has 1 saturated heterocycles. The van der Waals surface area contributed by atoms with E-state index in [9.17, 15) is 18.0 Å². The van der Waals surface area contributed by atoms with Crippen LogP contribution < -0.4 is 10.6 Å². The third-order valence-corrected chi connectivity index (χ3v) is 4.14. The van der Waals surface area contributed by atoms with E-state index in [1.54, 1.807) is 6.20 Å². The van der Waals surface area contributed by atoms with E-state index in [1.807, 2.05) is 30.3 Å². The molecule has 1 amide bonds. The van der Waals surface area contributed by atoms with Gasteiger partial charge in [-0.15, -0.1) is 0 Å². The quantitative estimate of drug-likeness (QED) is 0.620. The summed E-state index contributed by atoms with van der Waals surface area (Å²) in [5.41, 5.74) is 3.04. The summed E-state index contributed by atoms with van der Waals surface area (Å²) in [6, 6.07) is 10.1. The molecule has 1 atom stereocenters. The number of halogens is 3. The third kappa shape index (κ3) is 6.69. The number of nitrogens with zero attached hydrogens (tertiary/aromatic N) is 1. The number of anilines is 1. The first-order valence-corrected chi connectivity index (χ1v) is 8.65. The van der Waals surface area contributed by atoms with Crippen LogP contribution in [0.3, 0.4) is 0 Å². The van der Waals surface area contributed by atoms with E-state index < -0.39 is 12.1 Å². The highest BCUT2D eigenvalue weighted by molar-refractivity contribution is 5.91. The van der Waals surface area contributed by atoms with Crippen molar-refractivity contribution in [2.45, 2.75) is 31.4 Å². The van der Waals surface area contributed by atoms with Gasteiger partial charge in [-0.05, 0) is 24.9 Å². The first kappa shape index (κ1) is 21.4. The van der Waals surface area contributed by atoms with Crippen molar-refractivity contribution in [3.8, 4) is 0 Å². The van der Waals surface area contributed by atoms with Gasteiger partial charge in [0, 0.05) is 18.9 Å². The largest absolute Gasteiger partial charge is 0.490 e. The van der Waals surface area contributed by atoms with Gasteiger partial charge in [0.2, 0.25) is 5.91 Å². The zero-order chi connectivity index (χ0) is 20.6. The Hall–Kier alpha value is -2.88. The molecule has 2 heterocycles. The van der Waals surface area contributed by atoms with Crippen LogP contribution in [0.5, 0.6) is 0 Å². The van der Waals surface area contributed by atoms with Crippen molar-refractivity contribution < 1.29 is 27.9 Å². The first-order chi connectivity index (χ1) is 13.3. The SMILES string of the molecule is O=C(CCc1ccccc1)Nc1cn[nH]c1C1CCNC1.O=C(O)C(F)(F)F. The number of aromatic amines is 1. The predicted octanol–water partition coefficient (Wildman–Crippen LogP) is 2.69. The van der Waals surface area contributed by atoms with Crippen LogP contribution in [0, 0.1) is 0 Å². The molecule has 0 saturated carbocycles. The number of benzene rings is 1. The number of nitrogens with one attached hydrogen (secondary N) is 3. The van der Waals surface area contributed by atoms with Gasteiger partial charge in [-0.25, -0.2) is 4.79 Å². The minimum absolute atomic E-state index is 0.0347. The number of rotatable bonds is 5. The monoisotopic (exact) mass is 398 g/mol. The van der Waals surface area contributed by atoms with E-state index in [2.05, 4.69) is 20.8 Å². The van der Waals surface area contributed by atoms with Crippen molar-refractivity contribution in [3.63, 3.8) is 0 Å². The van der Waals surface area contributed by atoms with Crippen LogP contribution >= 0.6 is 0 Å². The topological polar surface area (TPSA) is 107 Å². The highest BCUT2D eigenvalue weighted by Gasteiger charge is 2.38. The van der Waals surface area contributed by atoms with E-state index in [4.69, 9.17) is 9.90 Å². The Bertz CT molecular complexity index is 772. The summed E-state index contributed by atoms with van der Waals surface area (Å²) >= 11 is 0. The fourth-order valence-corrected chi connectivity index (χ4v) is 2.72.